The SMILES string of the molecule is CCC(C(N)=O)c1ccc(C)nn1. The molecule has 1 aromatic rings. The number of nitrogens with two attached hydrogens (primary N) is 1. The quantitative estimate of drug-likeness (QED) is 0.744. The molecule has 1 heterocycles. The van der Waals surface area contributed by atoms with E-state index in [0.717, 1.165) is 5.69 Å². The molecule has 0 saturated heterocycles. The summed E-state index contributed by atoms with van der Waals surface area (Å²) in [5, 5.41) is 7.79. The Morgan fingerprint density at radius 1 is 1.54 bits per heavy atom. The highest BCUT2D eigenvalue weighted by Crippen LogP contribution is 2.15. The first-order chi connectivity index (χ1) is 6.15. The van der Waals surface area contributed by atoms with Gasteiger partial charge in [-0.2, -0.15) is 10.2 Å². The summed E-state index contributed by atoms with van der Waals surface area (Å²) in [6.07, 6.45) is 0.660. The van der Waals surface area contributed by atoms with E-state index in [-0.39, 0.29) is 11.8 Å². The third kappa shape index (κ3) is 2.24. The molecule has 0 fully saturated rings. The molecule has 1 amide bonds. The van der Waals surface area contributed by atoms with E-state index in [1.54, 1.807) is 6.07 Å². The van der Waals surface area contributed by atoms with Crippen molar-refractivity contribution in [1.29, 1.82) is 0 Å². The summed E-state index contributed by atoms with van der Waals surface area (Å²) in [7, 11) is 0. The molecule has 1 rings (SSSR count). The van der Waals surface area contributed by atoms with Gasteiger partial charge in [0.1, 0.15) is 0 Å². The average Bonchev–Trinajstić information content (AvgIpc) is 2.09. The minimum absolute atomic E-state index is 0.312. The first kappa shape index (κ1) is 9.64. The minimum atomic E-state index is -0.347. The number of amides is 1. The fourth-order valence-corrected chi connectivity index (χ4v) is 1.15. The molecule has 0 aliphatic rings. The van der Waals surface area contributed by atoms with E-state index in [2.05, 4.69) is 10.2 Å². The molecule has 0 aliphatic heterocycles. The Balaban J connectivity index is 2.92. The van der Waals surface area contributed by atoms with E-state index >= 15 is 0 Å². The minimum Gasteiger partial charge on any atom is -0.369 e. The number of hydrogen-bond donors (Lipinski definition) is 1. The maximum Gasteiger partial charge on any atom is 0.226 e. The number of aryl methyl sites for hydroxylation is 1. The maximum absolute atomic E-state index is 11.0. The maximum atomic E-state index is 11.0. The Morgan fingerprint density at radius 3 is 2.62 bits per heavy atom. The van der Waals surface area contributed by atoms with Crippen molar-refractivity contribution in [2.24, 2.45) is 5.73 Å². The van der Waals surface area contributed by atoms with Crippen molar-refractivity contribution in [3.63, 3.8) is 0 Å². The molecule has 0 saturated carbocycles. The van der Waals surface area contributed by atoms with Crippen LogP contribution >= 0.6 is 0 Å². The zero-order valence-corrected chi connectivity index (χ0v) is 7.82. The van der Waals surface area contributed by atoms with E-state index in [0.29, 0.717) is 12.1 Å². The van der Waals surface area contributed by atoms with Crippen LogP contribution < -0.4 is 5.73 Å². The Labute approximate surface area is 77.2 Å². The van der Waals surface area contributed by atoms with E-state index in [9.17, 15) is 4.79 Å². The number of aromatic nitrogens is 2. The average molecular weight is 179 g/mol. The molecule has 1 aromatic heterocycles. The van der Waals surface area contributed by atoms with Crippen molar-refractivity contribution < 1.29 is 4.79 Å². The molecule has 0 aliphatic carbocycles. The second kappa shape index (κ2) is 3.98. The molecule has 0 bridgehead atoms. The van der Waals surface area contributed by atoms with Gasteiger partial charge in [0.05, 0.1) is 17.3 Å². The molecule has 0 radical (unpaired) electrons. The van der Waals surface area contributed by atoms with Gasteiger partial charge >= 0.3 is 0 Å². The highest BCUT2D eigenvalue weighted by molar-refractivity contribution is 5.81. The van der Waals surface area contributed by atoms with Gasteiger partial charge < -0.3 is 5.73 Å². The van der Waals surface area contributed by atoms with Crippen LogP contribution in [0.3, 0.4) is 0 Å². The monoisotopic (exact) mass is 179 g/mol. The summed E-state index contributed by atoms with van der Waals surface area (Å²) in [6.45, 7) is 3.75. The lowest BCUT2D eigenvalue weighted by molar-refractivity contribution is -0.119. The highest BCUT2D eigenvalue weighted by atomic mass is 16.1. The van der Waals surface area contributed by atoms with Crippen LogP contribution in [0.2, 0.25) is 0 Å². The molecule has 4 nitrogen and oxygen atoms in total. The van der Waals surface area contributed by atoms with Crippen molar-refractivity contribution in [2.75, 3.05) is 0 Å². The van der Waals surface area contributed by atoms with Gasteiger partial charge in [-0.05, 0) is 25.5 Å². The number of nitrogens with zero attached hydrogens (tertiary/aromatic N) is 2. The van der Waals surface area contributed by atoms with E-state index in [1.165, 1.54) is 0 Å². The topological polar surface area (TPSA) is 68.9 Å². The Morgan fingerprint density at radius 2 is 2.23 bits per heavy atom. The lowest BCUT2D eigenvalue weighted by atomic mass is 10.0. The molecule has 0 spiro atoms. The van der Waals surface area contributed by atoms with Crippen LogP contribution in [0.15, 0.2) is 12.1 Å². The third-order valence-electron chi connectivity index (χ3n) is 1.93. The van der Waals surface area contributed by atoms with Gasteiger partial charge in [0.2, 0.25) is 5.91 Å². The molecule has 1 atom stereocenters. The summed E-state index contributed by atoms with van der Waals surface area (Å²) in [5.41, 5.74) is 6.70. The molecular weight excluding hydrogens is 166 g/mol. The predicted octanol–water partition coefficient (Wildman–Crippen LogP) is 0.764. The Kier molecular flexibility index (Phi) is 2.95. The van der Waals surface area contributed by atoms with Gasteiger partial charge in [-0.25, -0.2) is 0 Å². The van der Waals surface area contributed by atoms with Gasteiger partial charge in [0, 0.05) is 0 Å². The van der Waals surface area contributed by atoms with E-state index in [4.69, 9.17) is 5.73 Å². The van der Waals surface area contributed by atoms with Crippen LogP contribution in [0.5, 0.6) is 0 Å². The molecule has 1 unspecified atom stereocenters. The Hall–Kier alpha value is -1.45. The van der Waals surface area contributed by atoms with Gasteiger partial charge in [-0.1, -0.05) is 6.92 Å². The van der Waals surface area contributed by atoms with Crippen molar-refractivity contribution >= 4 is 5.91 Å². The second-order valence-electron chi connectivity index (χ2n) is 2.96. The van der Waals surface area contributed by atoms with Crippen LogP contribution in [0.4, 0.5) is 0 Å². The molecule has 4 heteroatoms. The summed E-state index contributed by atoms with van der Waals surface area (Å²) >= 11 is 0. The van der Waals surface area contributed by atoms with Crippen molar-refractivity contribution in [3.05, 3.63) is 23.5 Å². The van der Waals surface area contributed by atoms with Gasteiger partial charge in [0.25, 0.3) is 0 Å². The van der Waals surface area contributed by atoms with Crippen molar-refractivity contribution in [2.45, 2.75) is 26.2 Å². The van der Waals surface area contributed by atoms with Crippen molar-refractivity contribution in [3.8, 4) is 0 Å². The lowest BCUT2D eigenvalue weighted by Gasteiger charge is -2.08. The van der Waals surface area contributed by atoms with Crippen molar-refractivity contribution in [1.82, 2.24) is 10.2 Å². The summed E-state index contributed by atoms with van der Waals surface area (Å²) < 4.78 is 0. The number of hydrogen-bond acceptors (Lipinski definition) is 3. The first-order valence-electron chi connectivity index (χ1n) is 4.24. The zero-order valence-electron chi connectivity index (χ0n) is 7.82. The van der Waals surface area contributed by atoms with Crippen LogP contribution in [-0.2, 0) is 4.79 Å². The number of carbonyl (C=O) groups excluding carboxylic acids is 1. The Bertz CT molecular complexity index is 294. The van der Waals surface area contributed by atoms with Crippen LogP contribution in [-0.4, -0.2) is 16.1 Å². The van der Waals surface area contributed by atoms with Gasteiger partial charge in [0.15, 0.2) is 0 Å². The summed E-state index contributed by atoms with van der Waals surface area (Å²) in [6, 6.07) is 3.62. The third-order valence-corrected chi connectivity index (χ3v) is 1.93. The zero-order chi connectivity index (χ0) is 9.84. The molecule has 70 valence electrons. The molecule has 2 N–H and O–H groups in total. The number of primary amides is 1. The lowest BCUT2D eigenvalue weighted by Crippen LogP contribution is -2.21. The second-order valence-corrected chi connectivity index (χ2v) is 2.96. The van der Waals surface area contributed by atoms with E-state index in [1.807, 2.05) is 19.9 Å². The number of carbonyl (C=O) groups is 1. The first-order valence-corrected chi connectivity index (χ1v) is 4.24. The molecule has 0 aromatic carbocycles. The van der Waals surface area contributed by atoms with Crippen LogP contribution in [0.25, 0.3) is 0 Å². The van der Waals surface area contributed by atoms with Crippen LogP contribution in [0, 0.1) is 6.92 Å². The van der Waals surface area contributed by atoms with E-state index < -0.39 is 0 Å². The summed E-state index contributed by atoms with van der Waals surface area (Å²) in [4.78, 5) is 11.0. The van der Waals surface area contributed by atoms with Crippen LogP contribution in [0.1, 0.15) is 30.7 Å². The molecule has 13 heavy (non-hydrogen) atoms. The molecular formula is C9H13N3O. The smallest absolute Gasteiger partial charge is 0.226 e. The normalized spacial score (nSPS) is 12.5. The highest BCUT2D eigenvalue weighted by Gasteiger charge is 2.16. The fraction of sp³-hybridized carbons (Fsp3) is 0.444. The predicted molar refractivity (Wildman–Crippen MR) is 49.0 cm³/mol. The largest absolute Gasteiger partial charge is 0.369 e. The van der Waals surface area contributed by atoms with Gasteiger partial charge in [-0.15, -0.1) is 0 Å². The number of rotatable bonds is 3. The standard InChI is InChI=1S/C9H13N3O/c1-3-7(9(10)13)8-5-4-6(2)11-12-8/h4-5,7H,3H2,1-2H3,(H2,10,13). The summed E-state index contributed by atoms with van der Waals surface area (Å²) in [5.74, 6) is -0.659. The fourth-order valence-electron chi connectivity index (χ4n) is 1.15. The van der Waals surface area contributed by atoms with Gasteiger partial charge in [-0.3, -0.25) is 4.79 Å².